The Morgan fingerprint density at radius 2 is 2.11 bits per heavy atom. The Labute approximate surface area is 126 Å². The smallest absolute Gasteiger partial charge is 0.261 e. The molecule has 2 aromatic rings. The van der Waals surface area contributed by atoms with E-state index in [2.05, 4.69) is 46.4 Å². The van der Waals surface area contributed by atoms with Gasteiger partial charge in [0.05, 0.1) is 8.66 Å². The number of hydrogen-bond donors (Lipinski definition) is 1. The van der Waals surface area contributed by atoms with Crippen LogP contribution in [0.5, 0.6) is 0 Å². The highest BCUT2D eigenvalue weighted by Gasteiger charge is 2.10. The number of carbonyl (C=O) groups is 1. The number of amides is 1. The molecule has 2 rings (SSSR count). The van der Waals surface area contributed by atoms with Crippen molar-refractivity contribution in [2.45, 2.75) is 20.3 Å². The zero-order valence-electron chi connectivity index (χ0n) is 11.0. The quantitative estimate of drug-likeness (QED) is 0.893. The van der Waals surface area contributed by atoms with E-state index in [0.717, 1.165) is 20.6 Å². The van der Waals surface area contributed by atoms with Crippen LogP contribution in [0.2, 0.25) is 0 Å². The van der Waals surface area contributed by atoms with Gasteiger partial charge in [0.25, 0.3) is 5.91 Å². The van der Waals surface area contributed by atoms with Gasteiger partial charge in [-0.05, 0) is 53.4 Å². The number of hydrogen-bond acceptors (Lipinski definition) is 2. The normalized spacial score (nSPS) is 10.5. The molecule has 1 aromatic heterocycles. The molecule has 0 radical (unpaired) electrons. The van der Waals surface area contributed by atoms with Gasteiger partial charge in [-0.25, -0.2) is 0 Å². The fraction of sp³-hybridized carbons (Fsp3) is 0.267. The molecule has 1 heterocycles. The molecular formula is C15H16BrNOS. The van der Waals surface area contributed by atoms with Crippen molar-refractivity contribution in [2.75, 3.05) is 6.54 Å². The van der Waals surface area contributed by atoms with E-state index >= 15 is 0 Å². The second-order valence-corrected chi connectivity index (χ2v) is 6.93. The number of benzene rings is 1. The molecule has 100 valence electrons. The Morgan fingerprint density at radius 3 is 2.74 bits per heavy atom. The van der Waals surface area contributed by atoms with Crippen LogP contribution < -0.4 is 5.32 Å². The van der Waals surface area contributed by atoms with Crippen LogP contribution in [-0.4, -0.2) is 12.5 Å². The van der Waals surface area contributed by atoms with E-state index in [0.29, 0.717) is 6.54 Å². The third-order valence-corrected chi connectivity index (χ3v) is 5.00. The first-order valence-corrected chi connectivity index (χ1v) is 7.77. The first kappa shape index (κ1) is 14.3. The largest absolute Gasteiger partial charge is 0.351 e. The van der Waals surface area contributed by atoms with Crippen LogP contribution in [0.15, 0.2) is 34.1 Å². The lowest BCUT2D eigenvalue weighted by atomic mass is 10.1. The van der Waals surface area contributed by atoms with Gasteiger partial charge < -0.3 is 5.32 Å². The summed E-state index contributed by atoms with van der Waals surface area (Å²) >= 11 is 4.91. The fourth-order valence-corrected chi connectivity index (χ4v) is 3.30. The van der Waals surface area contributed by atoms with Crippen molar-refractivity contribution in [2.24, 2.45) is 0 Å². The molecule has 0 saturated carbocycles. The molecule has 0 unspecified atom stereocenters. The van der Waals surface area contributed by atoms with Gasteiger partial charge in [-0.2, -0.15) is 0 Å². The lowest BCUT2D eigenvalue weighted by Gasteiger charge is -2.04. The van der Waals surface area contributed by atoms with Gasteiger partial charge in [0.1, 0.15) is 0 Å². The van der Waals surface area contributed by atoms with E-state index in [9.17, 15) is 4.79 Å². The van der Waals surface area contributed by atoms with Crippen LogP contribution in [-0.2, 0) is 6.42 Å². The van der Waals surface area contributed by atoms with E-state index in [1.165, 1.54) is 22.5 Å². The standard InChI is InChI=1S/C15H16BrNOS/c1-10-4-3-5-12(8-10)6-7-17-15(18)13-9-11(2)14(16)19-13/h3-5,8-9H,6-7H2,1-2H3,(H,17,18). The maximum atomic E-state index is 11.9. The van der Waals surface area contributed by atoms with Crippen molar-refractivity contribution in [1.82, 2.24) is 5.32 Å². The van der Waals surface area contributed by atoms with E-state index in [1.54, 1.807) is 0 Å². The maximum Gasteiger partial charge on any atom is 0.261 e. The molecule has 0 aliphatic carbocycles. The van der Waals surface area contributed by atoms with Crippen molar-refractivity contribution >= 4 is 33.2 Å². The fourth-order valence-electron chi connectivity index (χ4n) is 1.85. The van der Waals surface area contributed by atoms with Crippen LogP contribution in [0.3, 0.4) is 0 Å². The summed E-state index contributed by atoms with van der Waals surface area (Å²) in [6.45, 7) is 4.73. The van der Waals surface area contributed by atoms with Gasteiger partial charge in [0.2, 0.25) is 0 Å². The lowest BCUT2D eigenvalue weighted by molar-refractivity contribution is 0.0958. The van der Waals surface area contributed by atoms with Gasteiger partial charge in [0, 0.05) is 6.54 Å². The van der Waals surface area contributed by atoms with Gasteiger partial charge in [-0.3, -0.25) is 4.79 Å². The third kappa shape index (κ3) is 3.91. The molecule has 2 nitrogen and oxygen atoms in total. The average Bonchev–Trinajstić information content (AvgIpc) is 2.70. The molecule has 0 bridgehead atoms. The SMILES string of the molecule is Cc1cccc(CCNC(=O)c2cc(C)c(Br)s2)c1. The van der Waals surface area contributed by atoms with Crippen LogP contribution >= 0.6 is 27.3 Å². The highest BCUT2D eigenvalue weighted by molar-refractivity contribution is 9.11. The minimum absolute atomic E-state index is 0.00598. The summed E-state index contributed by atoms with van der Waals surface area (Å²) in [6.07, 6.45) is 0.860. The number of thiophene rings is 1. The zero-order chi connectivity index (χ0) is 13.8. The highest BCUT2D eigenvalue weighted by Crippen LogP contribution is 2.27. The Balaban J connectivity index is 1.87. The first-order valence-electron chi connectivity index (χ1n) is 6.16. The van der Waals surface area contributed by atoms with Crippen LogP contribution in [0.1, 0.15) is 26.4 Å². The van der Waals surface area contributed by atoms with Gasteiger partial charge >= 0.3 is 0 Å². The molecule has 0 saturated heterocycles. The Hall–Kier alpha value is -1.13. The van der Waals surface area contributed by atoms with Crippen molar-refractivity contribution < 1.29 is 4.79 Å². The highest BCUT2D eigenvalue weighted by atomic mass is 79.9. The molecule has 0 fully saturated rings. The summed E-state index contributed by atoms with van der Waals surface area (Å²) in [7, 11) is 0. The van der Waals surface area contributed by atoms with Gasteiger partial charge in [0.15, 0.2) is 0 Å². The summed E-state index contributed by atoms with van der Waals surface area (Å²) < 4.78 is 1.02. The Morgan fingerprint density at radius 1 is 1.32 bits per heavy atom. The second-order valence-electron chi connectivity index (χ2n) is 4.56. The number of aryl methyl sites for hydroxylation is 2. The molecule has 0 atom stereocenters. The first-order chi connectivity index (χ1) is 9.06. The molecule has 4 heteroatoms. The summed E-state index contributed by atoms with van der Waals surface area (Å²) in [5.74, 6) is 0.00598. The lowest BCUT2D eigenvalue weighted by Crippen LogP contribution is -2.24. The van der Waals surface area contributed by atoms with E-state index in [4.69, 9.17) is 0 Å². The van der Waals surface area contributed by atoms with Crippen LogP contribution in [0.4, 0.5) is 0 Å². The van der Waals surface area contributed by atoms with E-state index in [1.807, 2.05) is 19.1 Å². The second kappa shape index (κ2) is 6.35. The van der Waals surface area contributed by atoms with Crippen molar-refractivity contribution in [3.8, 4) is 0 Å². The molecular weight excluding hydrogens is 322 g/mol. The summed E-state index contributed by atoms with van der Waals surface area (Å²) in [6, 6.07) is 10.3. The molecule has 0 spiro atoms. The van der Waals surface area contributed by atoms with Gasteiger partial charge in [-0.15, -0.1) is 11.3 Å². The minimum Gasteiger partial charge on any atom is -0.351 e. The van der Waals surface area contributed by atoms with Crippen LogP contribution in [0, 0.1) is 13.8 Å². The summed E-state index contributed by atoms with van der Waals surface area (Å²) in [5.41, 5.74) is 3.61. The predicted molar refractivity (Wildman–Crippen MR) is 84.0 cm³/mol. The summed E-state index contributed by atoms with van der Waals surface area (Å²) in [4.78, 5) is 12.7. The molecule has 1 amide bonds. The Kier molecular flexibility index (Phi) is 4.77. The monoisotopic (exact) mass is 337 g/mol. The number of halogens is 1. The third-order valence-electron chi connectivity index (χ3n) is 2.86. The zero-order valence-corrected chi connectivity index (χ0v) is 13.4. The summed E-state index contributed by atoms with van der Waals surface area (Å²) in [5, 5.41) is 2.96. The molecule has 1 N–H and O–H groups in total. The molecule has 1 aromatic carbocycles. The van der Waals surface area contributed by atoms with Crippen molar-refractivity contribution in [3.63, 3.8) is 0 Å². The van der Waals surface area contributed by atoms with Crippen molar-refractivity contribution in [3.05, 3.63) is 55.7 Å². The van der Waals surface area contributed by atoms with E-state index < -0.39 is 0 Å². The average molecular weight is 338 g/mol. The number of nitrogens with one attached hydrogen (secondary N) is 1. The van der Waals surface area contributed by atoms with Gasteiger partial charge in [-0.1, -0.05) is 29.8 Å². The van der Waals surface area contributed by atoms with E-state index in [-0.39, 0.29) is 5.91 Å². The molecule has 0 aliphatic rings. The minimum atomic E-state index is 0.00598. The topological polar surface area (TPSA) is 29.1 Å². The predicted octanol–water partition coefficient (Wildman–Crippen LogP) is 4.10. The molecule has 0 aliphatic heterocycles. The maximum absolute atomic E-state index is 11.9. The van der Waals surface area contributed by atoms with Crippen molar-refractivity contribution in [1.29, 1.82) is 0 Å². The Bertz CT molecular complexity index is 572. The molecule has 19 heavy (non-hydrogen) atoms. The number of rotatable bonds is 4. The van der Waals surface area contributed by atoms with Crippen LogP contribution in [0.25, 0.3) is 0 Å². The number of carbonyl (C=O) groups excluding carboxylic acids is 1.